The van der Waals surface area contributed by atoms with Gasteiger partial charge in [-0.2, -0.15) is 0 Å². The van der Waals surface area contributed by atoms with E-state index < -0.39 is 11.9 Å². The van der Waals surface area contributed by atoms with Crippen LogP contribution in [0.1, 0.15) is 27.8 Å². The van der Waals surface area contributed by atoms with Crippen molar-refractivity contribution in [3.05, 3.63) is 58.8 Å². The SMILES string of the molecule is CCOC(=O)c1cc(NC(=O)c2cc3cccc(OC)c3o2)ccc1Cl. The second kappa shape index (κ2) is 7.49. The van der Waals surface area contributed by atoms with Gasteiger partial charge in [0, 0.05) is 11.1 Å². The maximum atomic E-state index is 12.5. The lowest BCUT2D eigenvalue weighted by Gasteiger charge is -2.08. The number of halogens is 1. The molecule has 0 fully saturated rings. The summed E-state index contributed by atoms with van der Waals surface area (Å²) in [6, 6.07) is 11.6. The molecule has 0 saturated carbocycles. The first-order valence-electron chi connectivity index (χ1n) is 7.88. The van der Waals surface area contributed by atoms with Crippen molar-refractivity contribution in [3.8, 4) is 5.75 Å². The number of nitrogens with one attached hydrogen (secondary N) is 1. The van der Waals surface area contributed by atoms with Gasteiger partial charge in [0.15, 0.2) is 17.1 Å². The number of rotatable bonds is 5. The molecule has 1 amide bonds. The quantitative estimate of drug-likeness (QED) is 0.665. The first-order chi connectivity index (χ1) is 12.5. The number of benzene rings is 2. The van der Waals surface area contributed by atoms with Crippen LogP contribution in [0.5, 0.6) is 5.75 Å². The van der Waals surface area contributed by atoms with E-state index in [1.165, 1.54) is 19.2 Å². The number of methoxy groups -OCH3 is 1. The summed E-state index contributed by atoms with van der Waals surface area (Å²) in [6.07, 6.45) is 0. The Balaban J connectivity index is 1.86. The van der Waals surface area contributed by atoms with Crippen LogP contribution in [-0.2, 0) is 4.74 Å². The van der Waals surface area contributed by atoms with Gasteiger partial charge in [-0.05, 0) is 37.3 Å². The average Bonchev–Trinajstić information content (AvgIpc) is 3.08. The third kappa shape index (κ3) is 3.50. The molecule has 0 unspecified atom stereocenters. The minimum Gasteiger partial charge on any atom is -0.493 e. The van der Waals surface area contributed by atoms with Crippen LogP contribution in [0.4, 0.5) is 5.69 Å². The van der Waals surface area contributed by atoms with E-state index >= 15 is 0 Å². The topological polar surface area (TPSA) is 77.8 Å². The number of amides is 1. The zero-order chi connectivity index (χ0) is 18.7. The Bertz CT molecular complexity index is 979. The Morgan fingerprint density at radius 2 is 2.00 bits per heavy atom. The lowest BCUT2D eigenvalue weighted by atomic mass is 10.2. The van der Waals surface area contributed by atoms with Gasteiger partial charge in [-0.3, -0.25) is 4.79 Å². The van der Waals surface area contributed by atoms with Crippen LogP contribution in [0.3, 0.4) is 0 Å². The summed E-state index contributed by atoms with van der Waals surface area (Å²) in [5.41, 5.74) is 1.07. The lowest BCUT2D eigenvalue weighted by Crippen LogP contribution is -2.12. The van der Waals surface area contributed by atoms with Gasteiger partial charge >= 0.3 is 5.97 Å². The van der Waals surface area contributed by atoms with E-state index in [1.807, 2.05) is 12.1 Å². The highest BCUT2D eigenvalue weighted by atomic mass is 35.5. The zero-order valence-electron chi connectivity index (χ0n) is 14.2. The van der Waals surface area contributed by atoms with Crippen LogP contribution in [-0.4, -0.2) is 25.6 Å². The molecule has 1 heterocycles. The highest BCUT2D eigenvalue weighted by Crippen LogP contribution is 2.29. The van der Waals surface area contributed by atoms with Crippen LogP contribution in [0.2, 0.25) is 5.02 Å². The molecule has 0 aliphatic heterocycles. The van der Waals surface area contributed by atoms with Crippen molar-refractivity contribution >= 4 is 40.1 Å². The maximum Gasteiger partial charge on any atom is 0.339 e. The van der Waals surface area contributed by atoms with Crippen molar-refractivity contribution in [2.45, 2.75) is 6.92 Å². The molecule has 2 aromatic carbocycles. The van der Waals surface area contributed by atoms with Crippen LogP contribution >= 0.6 is 11.6 Å². The van der Waals surface area contributed by atoms with Crippen molar-refractivity contribution < 1.29 is 23.5 Å². The molecule has 0 atom stereocenters. The Kier molecular flexibility index (Phi) is 5.14. The highest BCUT2D eigenvalue weighted by Gasteiger charge is 2.17. The number of hydrogen-bond donors (Lipinski definition) is 1. The fraction of sp³-hybridized carbons (Fsp3) is 0.158. The van der Waals surface area contributed by atoms with E-state index in [2.05, 4.69) is 5.32 Å². The molecular formula is C19H16ClNO5. The number of carbonyl (C=O) groups is 2. The van der Waals surface area contributed by atoms with E-state index in [1.54, 1.807) is 25.1 Å². The van der Waals surface area contributed by atoms with E-state index in [4.69, 9.17) is 25.5 Å². The van der Waals surface area contributed by atoms with E-state index in [9.17, 15) is 9.59 Å². The van der Waals surface area contributed by atoms with E-state index in [-0.39, 0.29) is 23.0 Å². The van der Waals surface area contributed by atoms with Crippen LogP contribution in [0.25, 0.3) is 11.0 Å². The molecule has 3 rings (SSSR count). The molecule has 0 bridgehead atoms. The summed E-state index contributed by atoms with van der Waals surface area (Å²) >= 11 is 6.02. The molecule has 26 heavy (non-hydrogen) atoms. The molecule has 0 radical (unpaired) electrons. The molecule has 3 aromatic rings. The standard InChI is InChI=1S/C19H16ClNO5/c1-3-25-19(23)13-10-12(7-8-14(13)20)21-18(22)16-9-11-5-4-6-15(24-2)17(11)26-16/h4-10H,3H2,1-2H3,(H,21,22). The van der Waals surface area contributed by atoms with Crippen molar-refractivity contribution in [2.75, 3.05) is 19.0 Å². The Hall–Kier alpha value is -2.99. The van der Waals surface area contributed by atoms with Crippen LogP contribution < -0.4 is 10.1 Å². The summed E-state index contributed by atoms with van der Waals surface area (Å²) in [5, 5.41) is 3.67. The van der Waals surface area contributed by atoms with Gasteiger partial charge < -0.3 is 19.2 Å². The number of anilines is 1. The predicted molar refractivity (Wildman–Crippen MR) is 98.1 cm³/mol. The molecule has 1 N–H and O–H groups in total. The van der Waals surface area contributed by atoms with Gasteiger partial charge in [0.25, 0.3) is 5.91 Å². The van der Waals surface area contributed by atoms with Crippen LogP contribution in [0, 0.1) is 0 Å². The fourth-order valence-corrected chi connectivity index (χ4v) is 2.66. The molecule has 0 saturated heterocycles. The number of carbonyl (C=O) groups excluding carboxylic acids is 2. The van der Waals surface area contributed by atoms with Gasteiger partial charge in [-0.1, -0.05) is 23.7 Å². The molecule has 1 aromatic heterocycles. The number of hydrogen-bond acceptors (Lipinski definition) is 5. The second-order valence-electron chi connectivity index (χ2n) is 5.36. The van der Waals surface area contributed by atoms with E-state index in [0.717, 1.165) is 5.39 Å². The smallest absolute Gasteiger partial charge is 0.339 e. The van der Waals surface area contributed by atoms with Crippen molar-refractivity contribution in [1.29, 1.82) is 0 Å². The number of furan rings is 1. The van der Waals surface area contributed by atoms with Crippen molar-refractivity contribution in [2.24, 2.45) is 0 Å². The summed E-state index contributed by atoms with van der Waals surface area (Å²) in [5.74, 6) is -0.350. The summed E-state index contributed by atoms with van der Waals surface area (Å²) in [4.78, 5) is 24.4. The summed E-state index contributed by atoms with van der Waals surface area (Å²) in [6.45, 7) is 1.93. The van der Waals surface area contributed by atoms with E-state index in [0.29, 0.717) is 17.0 Å². The molecule has 7 heteroatoms. The fourth-order valence-electron chi connectivity index (χ4n) is 2.47. The predicted octanol–water partition coefficient (Wildman–Crippen LogP) is 4.52. The van der Waals surface area contributed by atoms with Gasteiger partial charge in [0.1, 0.15) is 0 Å². The molecule has 0 aliphatic rings. The number of fused-ring (bicyclic) bond motifs is 1. The number of esters is 1. The summed E-state index contributed by atoms with van der Waals surface area (Å²) < 4.78 is 15.8. The Morgan fingerprint density at radius 1 is 1.19 bits per heavy atom. The first kappa shape index (κ1) is 17.8. The van der Waals surface area contributed by atoms with Gasteiger partial charge in [-0.25, -0.2) is 4.79 Å². The molecule has 0 aliphatic carbocycles. The zero-order valence-corrected chi connectivity index (χ0v) is 14.9. The third-order valence-electron chi connectivity index (χ3n) is 3.67. The molecule has 6 nitrogen and oxygen atoms in total. The second-order valence-corrected chi connectivity index (χ2v) is 5.77. The Morgan fingerprint density at radius 3 is 2.73 bits per heavy atom. The summed E-state index contributed by atoms with van der Waals surface area (Å²) in [7, 11) is 1.53. The van der Waals surface area contributed by atoms with Gasteiger partial charge in [0.05, 0.1) is 24.3 Å². The monoisotopic (exact) mass is 373 g/mol. The van der Waals surface area contributed by atoms with Gasteiger partial charge in [0.2, 0.25) is 0 Å². The minimum absolute atomic E-state index is 0.122. The minimum atomic E-state index is -0.554. The molecular weight excluding hydrogens is 358 g/mol. The lowest BCUT2D eigenvalue weighted by molar-refractivity contribution is 0.0526. The molecule has 0 spiro atoms. The number of ether oxygens (including phenoxy) is 2. The van der Waals surface area contributed by atoms with Crippen molar-refractivity contribution in [3.63, 3.8) is 0 Å². The normalized spacial score (nSPS) is 10.6. The maximum absolute atomic E-state index is 12.5. The largest absolute Gasteiger partial charge is 0.493 e. The first-order valence-corrected chi connectivity index (χ1v) is 8.26. The van der Waals surface area contributed by atoms with Gasteiger partial charge in [-0.15, -0.1) is 0 Å². The van der Waals surface area contributed by atoms with Crippen LogP contribution in [0.15, 0.2) is 46.9 Å². The third-order valence-corrected chi connectivity index (χ3v) is 4.00. The van der Waals surface area contributed by atoms with Crippen molar-refractivity contribution in [1.82, 2.24) is 0 Å². The molecule has 134 valence electrons. The Labute approximate surface area is 154 Å². The highest BCUT2D eigenvalue weighted by molar-refractivity contribution is 6.33. The average molecular weight is 374 g/mol. The number of para-hydroxylation sites is 1.